The van der Waals surface area contributed by atoms with Gasteiger partial charge in [0.2, 0.25) is 5.78 Å². The average molecular weight is 141 g/mol. The first-order valence-electron chi connectivity index (χ1n) is 3.15. The first-order valence-corrected chi connectivity index (χ1v) is 3.15. The standard InChI is InChI=1S/C7H9O3/c1-4-6(3-8)7(9)5(2)10-4/h5H,3H2,1-2H3. The molecule has 0 aromatic rings. The second kappa shape index (κ2) is 2.42. The number of ether oxygens (including phenoxy) is 1. The molecule has 0 bridgehead atoms. The van der Waals surface area contributed by atoms with Crippen molar-refractivity contribution in [2.24, 2.45) is 0 Å². The van der Waals surface area contributed by atoms with Gasteiger partial charge in [-0.25, -0.2) is 5.11 Å². The van der Waals surface area contributed by atoms with E-state index in [1.807, 2.05) is 0 Å². The molecule has 0 saturated carbocycles. The van der Waals surface area contributed by atoms with Gasteiger partial charge < -0.3 is 4.74 Å². The number of carbonyl (C=O) groups is 1. The van der Waals surface area contributed by atoms with Gasteiger partial charge in [0, 0.05) is 0 Å². The number of carbonyl (C=O) groups excluding carboxylic acids is 1. The molecular formula is C7H9O3. The summed E-state index contributed by atoms with van der Waals surface area (Å²) < 4.78 is 5.01. The van der Waals surface area contributed by atoms with Crippen molar-refractivity contribution in [3.05, 3.63) is 11.3 Å². The first kappa shape index (κ1) is 7.28. The predicted molar refractivity (Wildman–Crippen MR) is 33.8 cm³/mol. The lowest BCUT2D eigenvalue weighted by molar-refractivity contribution is -0.120. The summed E-state index contributed by atoms with van der Waals surface area (Å²) in [6.07, 6.45) is -0.441. The van der Waals surface area contributed by atoms with Gasteiger partial charge in [0.15, 0.2) is 6.10 Å². The monoisotopic (exact) mass is 141 g/mol. The van der Waals surface area contributed by atoms with Crippen LogP contribution in [0.15, 0.2) is 11.3 Å². The molecule has 1 rings (SSSR count). The minimum absolute atomic E-state index is 0.160. The van der Waals surface area contributed by atoms with E-state index < -0.39 is 12.7 Å². The number of ketones is 1. The minimum atomic E-state index is -0.463. The summed E-state index contributed by atoms with van der Waals surface area (Å²) in [5.74, 6) is 0.333. The smallest absolute Gasteiger partial charge is 0.204 e. The van der Waals surface area contributed by atoms with Crippen LogP contribution in [-0.4, -0.2) is 18.5 Å². The van der Waals surface area contributed by atoms with Crippen molar-refractivity contribution < 1.29 is 14.6 Å². The molecule has 55 valence electrons. The molecule has 1 atom stereocenters. The highest BCUT2D eigenvalue weighted by atomic mass is 16.5. The molecule has 0 spiro atoms. The Labute approximate surface area is 59.3 Å². The van der Waals surface area contributed by atoms with Crippen molar-refractivity contribution in [1.29, 1.82) is 0 Å². The summed E-state index contributed by atoms with van der Waals surface area (Å²) in [5, 5.41) is 10.3. The second-order valence-electron chi connectivity index (χ2n) is 2.30. The fraction of sp³-hybridized carbons (Fsp3) is 0.571. The Kier molecular flexibility index (Phi) is 1.76. The van der Waals surface area contributed by atoms with E-state index in [0.29, 0.717) is 11.3 Å². The van der Waals surface area contributed by atoms with Gasteiger partial charge in [0.25, 0.3) is 0 Å². The summed E-state index contributed by atoms with van der Waals surface area (Å²) in [5.41, 5.74) is 0.299. The highest BCUT2D eigenvalue weighted by Gasteiger charge is 2.28. The van der Waals surface area contributed by atoms with Crippen LogP contribution in [0, 0.1) is 0 Å². The van der Waals surface area contributed by atoms with Crippen LogP contribution in [-0.2, 0) is 14.6 Å². The Bertz CT molecular complexity index is 193. The van der Waals surface area contributed by atoms with Crippen molar-refractivity contribution in [2.75, 3.05) is 6.61 Å². The molecule has 1 aliphatic heterocycles. The van der Waals surface area contributed by atoms with Crippen LogP contribution < -0.4 is 0 Å². The van der Waals surface area contributed by atoms with E-state index in [-0.39, 0.29) is 5.78 Å². The van der Waals surface area contributed by atoms with Gasteiger partial charge in [-0.05, 0) is 13.8 Å². The maximum atomic E-state index is 11.0. The van der Waals surface area contributed by atoms with Gasteiger partial charge in [0.1, 0.15) is 12.4 Å². The average Bonchev–Trinajstić information content (AvgIpc) is 2.09. The Balaban J connectivity index is 2.85. The van der Waals surface area contributed by atoms with Gasteiger partial charge in [-0.3, -0.25) is 4.79 Å². The summed E-state index contributed by atoms with van der Waals surface area (Å²) >= 11 is 0. The topological polar surface area (TPSA) is 46.2 Å². The molecule has 0 amide bonds. The first-order chi connectivity index (χ1) is 4.66. The molecule has 1 aliphatic rings. The molecule has 0 fully saturated rings. The maximum Gasteiger partial charge on any atom is 0.204 e. The van der Waals surface area contributed by atoms with Crippen LogP contribution in [0.2, 0.25) is 0 Å². The van der Waals surface area contributed by atoms with Gasteiger partial charge >= 0.3 is 0 Å². The Morgan fingerprint density at radius 3 is 2.40 bits per heavy atom. The number of hydrogen-bond donors (Lipinski definition) is 0. The Hall–Kier alpha value is -0.830. The maximum absolute atomic E-state index is 11.0. The molecule has 0 saturated heterocycles. The van der Waals surface area contributed by atoms with Crippen molar-refractivity contribution >= 4 is 5.78 Å². The van der Waals surface area contributed by atoms with Crippen molar-refractivity contribution in [1.82, 2.24) is 0 Å². The van der Waals surface area contributed by atoms with Gasteiger partial charge in [0.05, 0.1) is 5.57 Å². The highest BCUT2D eigenvalue weighted by Crippen LogP contribution is 2.19. The van der Waals surface area contributed by atoms with E-state index in [1.54, 1.807) is 13.8 Å². The van der Waals surface area contributed by atoms with E-state index in [2.05, 4.69) is 0 Å². The zero-order valence-electron chi connectivity index (χ0n) is 6.01. The summed E-state index contributed by atoms with van der Waals surface area (Å²) in [4.78, 5) is 11.0. The van der Waals surface area contributed by atoms with Crippen LogP contribution in [0.3, 0.4) is 0 Å². The summed E-state index contributed by atoms with van der Waals surface area (Å²) in [7, 11) is 0. The number of allylic oxidation sites excluding steroid dienone is 1. The fourth-order valence-corrected chi connectivity index (χ4v) is 0.981. The molecule has 10 heavy (non-hydrogen) atoms. The molecule has 0 N–H and O–H groups in total. The third kappa shape index (κ3) is 0.926. The van der Waals surface area contributed by atoms with Crippen LogP contribution in [0.4, 0.5) is 0 Å². The second-order valence-corrected chi connectivity index (χ2v) is 2.30. The zero-order chi connectivity index (χ0) is 7.72. The predicted octanol–water partition coefficient (Wildman–Crippen LogP) is 0.679. The molecule has 1 unspecified atom stereocenters. The SMILES string of the molecule is CC1=C(C[O])C(=O)C(C)O1. The molecule has 0 aromatic heterocycles. The zero-order valence-corrected chi connectivity index (χ0v) is 6.01. The van der Waals surface area contributed by atoms with E-state index in [4.69, 9.17) is 4.74 Å². The van der Waals surface area contributed by atoms with Gasteiger partial charge in [-0.15, -0.1) is 0 Å². The molecule has 0 aromatic carbocycles. The van der Waals surface area contributed by atoms with Crippen LogP contribution in [0.5, 0.6) is 0 Å². The van der Waals surface area contributed by atoms with Crippen molar-refractivity contribution in [3.8, 4) is 0 Å². The summed E-state index contributed by atoms with van der Waals surface area (Å²) in [6.45, 7) is 2.83. The lowest BCUT2D eigenvalue weighted by Crippen LogP contribution is -2.14. The lowest BCUT2D eigenvalue weighted by Gasteiger charge is -2.00. The Morgan fingerprint density at radius 2 is 2.20 bits per heavy atom. The quantitative estimate of drug-likeness (QED) is 0.539. The fourth-order valence-electron chi connectivity index (χ4n) is 0.981. The molecule has 1 radical (unpaired) electrons. The number of Topliss-reactive ketones (excluding diaryl/α,β-unsaturated/α-hetero) is 1. The number of hydrogen-bond acceptors (Lipinski definition) is 2. The van der Waals surface area contributed by atoms with E-state index in [0.717, 1.165) is 0 Å². The van der Waals surface area contributed by atoms with Crippen molar-refractivity contribution in [3.63, 3.8) is 0 Å². The van der Waals surface area contributed by atoms with Crippen LogP contribution >= 0.6 is 0 Å². The van der Waals surface area contributed by atoms with E-state index in [9.17, 15) is 9.90 Å². The molecular weight excluding hydrogens is 132 g/mol. The summed E-state index contributed by atoms with van der Waals surface area (Å²) in [6, 6.07) is 0. The highest BCUT2D eigenvalue weighted by molar-refractivity contribution is 6.01. The minimum Gasteiger partial charge on any atom is -0.487 e. The van der Waals surface area contributed by atoms with Crippen molar-refractivity contribution in [2.45, 2.75) is 20.0 Å². The third-order valence-corrected chi connectivity index (χ3v) is 1.59. The molecule has 0 aliphatic carbocycles. The molecule has 1 heterocycles. The van der Waals surface area contributed by atoms with E-state index in [1.165, 1.54) is 0 Å². The van der Waals surface area contributed by atoms with Gasteiger partial charge in [-0.1, -0.05) is 0 Å². The Morgan fingerprint density at radius 1 is 1.60 bits per heavy atom. The largest absolute Gasteiger partial charge is 0.487 e. The normalized spacial score (nSPS) is 25.5. The number of rotatable bonds is 1. The third-order valence-electron chi connectivity index (χ3n) is 1.59. The van der Waals surface area contributed by atoms with Gasteiger partial charge in [-0.2, -0.15) is 0 Å². The van der Waals surface area contributed by atoms with Crippen LogP contribution in [0.25, 0.3) is 0 Å². The molecule has 3 heteroatoms. The lowest BCUT2D eigenvalue weighted by atomic mass is 10.1. The van der Waals surface area contributed by atoms with Crippen LogP contribution in [0.1, 0.15) is 13.8 Å². The molecule has 3 nitrogen and oxygen atoms in total. The van der Waals surface area contributed by atoms with E-state index >= 15 is 0 Å².